The molecule has 4 rings (SSSR count). The number of nitrogens with two attached hydrogens (primary N) is 1. The van der Waals surface area contributed by atoms with Crippen molar-refractivity contribution >= 4 is 41.1 Å². The minimum Gasteiger partial charge on any atom is -0.484 e. The molecule has 0 aliphatic carbocycles. The standard InChI is InChI=1S/C33H36F2N4O7S/c34-22-8-4-20(5-9-22)27(40)19-47-31-30(39(32(31)43)24-12-10-23(35)11-13-24)21-6-14-25(15-7-21)46-18-29(42)37-17-28(41)38-26(33(44)45)3-1-2-16-36/h4-15,26-27,30-31,40H,1-3,16-19,36H2,(H,37,42)(H,38,41)(H,44,45)/t26-,27?,30+,31+/m0/s1/i/hD. The van der Waals surface area contributed by atoms with Gasteiger partial charge in [-0.25, -0.2) is 13.6 Å². The first-order valence-electron chi connectivity index (χ1n) is 15.3. The first-order chi connectivity index (χ1) is 23.0. The van der Waals surface area contributed by atoms with E-state index in [2.05, 4.69) is 5.32 Å². The van der Waals surface area contributed by atoms with E-state index in [1.54, 1.807) is 24.3 Å². The maximum Gasteiger partial charge on any atom is 0.326 e. The number of halogens is 2. The molecule has 1 unspecified atom stereocenters. The third kappa shape index (κ3) is 9.73. The average Bonchev–Trinajstić information content (AvgIpc) is 3.07. The fourth-order valence-corrected chi connectivity index (χ4v) is 6.22. The van der Waals surface area contributed by atoms with Gasteiger partial charge in [0.15, 0.2) is 8.02 Å². The number of benzene rings is 3. The number of amides is 3. The van der Waals surface area contributed by atoms with Crippen molar-refractivity contribution in [2.75, 3.05) is 30.3 Å². The highest BCUT2D eigenvalue weighted by atomic mass is 32.2. The number of carbonyl (C=O) groups is 4. The van der Waals surface area contributed by atoms with Gasteiger partial charge in [-0.2, -0.15) is 0 Å². The first-order valence-corrected chi connectivity index (χ1v) is 15.9. The second-order valence-electron chi connectivity index (χ2n) is 10.8. The fraction of sp³-hybridized carbons (Fsp3) is 0.333. The second kappa shape index (κ2) is 16.9. The Kier molecular flexibility index (Phi) is 12.1. The second-order valence-corrected chi connectivity index (χ2v) is 11.9. The zero-order valence-electron chi connectivity index (χ0n) is 26.3. The number of carboxylic acid groups (broad SMARTS) is 1. The highest BCUT2D eigenvalue weighted by Crippen LogP contribution is 2.46. The number of aliphatic carboxylic acids is 1. The van der Waals surface area contributed by atoms with Crippen molar-refractivity contribution in [1.82, 2.24) is 10.6 Å². The Balaban J connectivity index is 1.36. The number of carboxylic acids is 1. The van der Waals surface area contributed by atoms with Crippen LogP contribution in [0.3, 0.4) is 0 Å². The van der Waals surface area contributed by atoms with Gasteiger partial charge in [-0.1, -0.05) is 24.3 Å². The summed E-state index contributed by atoms with van der Waals surface area (Å²) in [4.78, 5) is 50.9. The van der Waals surface area contributed by atoms with Crippen molar-refractivity contribution < 1.29 is 44.3 Å². The molecule has 6 N–H and O–H groups in total. The van der Waals surface area contributed by atoms with Gasteiger partial charge < -0.3 is 36.2 Å². The summed E-state index contributed by atoms with van der Waals surface area (Å²) in [6.45, 7) is -0.874. The van der Waals surface area contributed by atoms with Gasteiger partial charge in [0.2, 0.25) is 11.8 Å². The Morgan fingerprint density at radius 3 is 2.23 bits per heavy atom. The minimum atomic E-state index is -1.23. The van der Waals surface area contributed by atoms with Crippen molar-refractivity contribution in [2.24, 2.45) is 5.73 Å². The number of aliphatic hydroxyl groups excluding tert-OH is 1. The molecule has 11 nitrogen and oxygen atoms in total. The van der Waals surface area contributed by atoms with E-state index in [1.165, 1.54) is 65.2 Å². The molecule has 47 heavy (non-hydrogen) atoms. The summed E-state index contributed by atoms with van der Waals surface area (Å²) in [5, 5.41) is 22.0. The van der Waals surface area contributed by atoms with E-state index >= 15 is 0 Å². The first kappa shape index (κ1) is 33.8. The smallest absolute Gasteiger partial charge is 0.326 e. The fourth-order valence-electron chi connectivity index (χ4n) is 4.92. The number of thioether (sulfide) groups is 1. The molecule has 1 saturated heterocycles. The van der Waals surface area contributed by atoms with Gasteiger partial charge in [-0.3, -0.25) is 14.4 Å². The lowest BCUT2D eigenvalue weighted by Gasteiger charge is -2.47. The summed E-state index contributed by atoms with van der Waals surface area (Å²) in [5.74, 6) is -3.57. The molecule has 0 radical (unpaired) electrons. The average molecular weight is 672 g/mol. The lowest BCUT2D eigenvalue weighted by atomic mass is 9.92. The van der Waals surface area contributed by atoms with Crippen LogP contribution < -0.4 is 26.0 Å². The molecule has 14 heteroatoms. The van der Waals surface area contributed by atoms with Crippen molar-refractivity contribution in [2.45, 2.75) is 42.7 Å². The molecule has 1 heterocycles. The van der Waals surface area contributed by atoms with Gasteiger partial charge in [0.05, 0.1) is 18.7 Å². The van der Waals surface area contributed by atoms with Gasteiger partial charge >= 0.3 is 5.97 Å². The topological polar surface area (TPSA) is 171 Å². The summed E-state index contributed by atoms with van der Waals surface area (Å²) in [6.07, 6.45) is 0.303. The van der Waals surface area contributed by atoms with E-state index in [4.69, 9.17) is 11.9 Å². The predicted octanol–water partition coefficient (Wildman–Crippen LogP) is 3.08. The number of rotatable bonds is 17. The maximum atomic E-state index is 13.6. The highest BCUT2D eigenvalue weighted by molar-refractivity contribution is 8.00. The molecule has 3 amide bonds. The molecular weight excluding hydrogens is 634 g/mol. The van der Waals surface area contributed by atoms with Crippen LogP contribution >= 0.6 is 11.8 Å². The van der Waals surface area contributed by atoms with Gasteiger partial charge in [0, 0.05) is 11.4 Å². The lowest BCUT2D eigenvalue weighted by Crippen LogP contribution is -2.57. The number of nitrogens with one attached hydrogen (secondary N) is 2. The Morgan fingerprint density at radius 2 is 1.62 bits per heavy atom. The summed E-state index contributed by atoms with van der Waals surface area (Å²) in [5.41, 5.74) is 7.11. The third-order valence-corrected chi connectivity index (χ3v) is 8.73. The monoisotopic (exact) mass is 671 g/mol. The van der Waals surface area contributed by atoms with E-state index < -0.39 is 66.0 Å². The van der Waals surface area contributed by atoms with Gasteiger partial charge in [0.25, 0.3) is 5.91 Å². The largest absolute Gasteiger partial charge is 0.484 e. The van der Waals surface area contributed by atoms with Crippen LogP contribution in [-0.2, 0) is 19.2 Å². The van der Waals surface area contributed by atoms with Crippen LogP contribution in [0.15, 0.2) is 72.8 Å². The van der Waals surface area contributed by atoms with E-state index in [9.17, 15) is 38.2 Å². The van der Waals surface area contributed by atoms with Crippen LogP contribution in [0.25, 0.3) is 0 Å². The Bertz CT molecular complexity index is 1570. The summed E-state index contributed by atoms with van der Waals surface area (Å²) in [7, 11) is 0. The zero-order chi connectivity index (χ0) is 34.8. The zero-order valence-corrected chi connectivity index (χ0v) is 26.1. The Hall–Kier alpha value is -4.53. The van der Waals surface area contributed by atoms with Gasteiger partial charge in [0.1, 0.15) is 28.7 Å². The molecule has 0 bridgehead atoms. The number of hydrogen-bond acceptors (Lipinski definition) is 8. The van der Waals surface area contributed by atoms with Crippen molar-refractivity contribution in [1.29, 1.82) is 0 Å². The van der Waals surface area contributed by atoms with E-state index in [0.717, 1.165) is 0 Å². The number of unbranched alkanes of at least 4 members (excludes halogenated alkanes) is 1. The highest BCUT2D eigenvalue weighted by Gasteiger charge is 2.49. The van der Waals surface area contributed by atoms with E-state index in [1.807, 2.05) is 0 Å². The molecule has 1 aliphatic rings. The molecule has 0 saturated carbocycles. The van der Waals surface area contributed by atoms with Crippen LogP contribution in [0.2, 0.25) is 1.41 Å². The van der Waals surface area contributed by atoms with Crippen LogP contribution in [0, 0.1) is 11.6 Å². The number of carbonyl (C=O) groups excluding carboxylic acids is 3. The molecule has 1 fully saturated rings. The summed E-state index contributed by atoms with van der Waals surface area (Å²) < 4.78 is 40.3. The normalized spacial score (nSPS) is 17.2. The van der Waals surface area contributed by atoms with Crippen molar-refractivity contribution in [3.63, 3.8) is 0 Å². The predicted molar refractivity (Wildman–Crippen MR) is 172 cm³/mol. The van der Waals surface area contributed by atoms with E-state index in [0.29, 0.717) is 41.5 Å². The molecule has 1 aliphatic heterocycles. The molecular formula is C33H36F2N4O7S. The Morgan fingerprint density at radius 1 is 0.979 bits per heavy atom. The summed E-state index contributed by atoms with van der Waals surface area (Å²) >= 11 is 1.24. The van der Waals surface area contributed by atoms with Gasteiger partial charge in [-0.15, -0.1) is 11.8 Å². The van der Waals surface area contributed by atoms with Crippen LogP contribution in [-0.4, -0.2) is 70.6 Å². The van der Waals surface area contributed by atoms with Crippen LogP contribution in [0.4, 0.5) is 14.5 Å². The number of aliphatic hydroxyl groups is 1. The minimum absolute atomic E-state index is 0.159. The number of nitrogens with zero attached hydrogens (tertiary/aromatic N) is 1. The van der Waals surface area contributed by atoms with Gasteiger partial charge in [-0.05, 0) is 85.5 Å². The Labute approximate surface area is 275 Å². The third-order valence-electron chi connectivity index (χ3n) is 7.40. The molecule has 3 aromatic carbocycles. The number of β-lactam (4-membered cyclic amide) rings is 1. The van der Waals surface area contributed by atoms with Crippen molar-refractivity contribution in [3.8, 4) is 5.75 Å². The number of ether oxygens (including phenoxy) is 1. The van der Waals surface area contributed by atoms with Crippen LogP contribution in [0.1, 0.15) is 42.5 Å². The lowest BCUT2D eigenvalue weighted by molar-refractivity contribution is -0.142. The number of hydrogen-bond donors (Lipinski definition) is 5. The molecule has 250 valence electrons. The number of anilines is 1. The molecule has 4 atom stereocenters. The maximum absolute atomic E-state index is 13.6. The van der Waals surface area contributed by atoms with Crippen LogP contribution in [0.5, 0.6) is 5.75 Å². The molecule has 0 aromatic heterocycles. The SMILES string of the molecule is [2H]N(CC(=O)N[C@@H](CCCCN)C(=O)O)C(=O)COc1ccc([C@@H]2[C@@H](SCC(O)c3ccc(F)cc3)C(=O)N2c2ccc(F)cc2)cc1. The van der Waals surface area contributed by atoms with Crippen molar-refractivity contribution in [3.05, 3.63) is 95.6 Å². The van der Waals surface area contributed by atoms with E-state index in [-0.39, 0.29) is 23.8 Å². The summed E-state index contributed by atoms with van der Waals surface area (Å²) in [6, 6.07) is 15.8. The molecule has 0 spiro atoms. The quantitative estimate of drug-likeness (QED) is 0.107. The molecule has 3 aromatic rings.